The molecule has 0 radical (unpaired) electrons. The summed E-state index contributed by atoms with van der Waals surface area (Å²) in [5.41, 5.74) is 1.07. The molecule has 8 nitrogen and oxygen atoms in total. The summed E-state index contributed by atoms with van der Waals surface area (Å²) in [5.74, 6) is 0.296. The molecule has 0 aliphatic carbocycles. The SMILES string of the molecule is CCCc1ccc(OCC(=O)N2CCC(NC(=O)c3ccc(=O)[nH]n3)CC2)cc1. The summed E-state index contributed by atoms with van der Waals surface area (Å²) in [4.78, 5) is 37.3. The highest BCUT2D eigenvalue weighted by Crippen LogP contribution is 2.15. The summed E-state index contributed by atoms with van der Waals surface area (Å²) in [6, 6.07) is 10.4. The molecule has 2 aromatic rings. The molecule has 0 saturated carbocycles. The van der Waals surface area contributed by atoms with E-state index < -0.39 is 0 Å². The Morgan fingerprint density at radius 3 is 2.52 bits per heavy atom. The number of hydrogen-bond donors (Lipinski definition) is 2. The smallest absolute Gasteiger partial charge is 0.271 e. The van der Waals surface area contributed by atoms with Gasteiger partial charge in [0, 0.05) is 25.2 Å². The van der Waals surface area contributed by atoms with Gasteiger partial charge in [-0.15, -0.1) is 0 Å². The van der Waals surface area contributed by atoms with Crippen molar-refractivity contribution in [1.29, 1.82) is 0 Å². The van der Waals surface area contributed by atoms with Gasteiger partial charge in [-0.1, -0.05) is 25.5 Å². The third kappa shape index (κ3) is 5.91. The average Bonchev–Trinajstić information content (AvgIpc) is 2.74. The Kier molecular flexibility index (Phi) is 6.99. The Morgan fingerprint density at radius 1 is 1.17 bits per heavy atom. The average molecular weight is 398 g/mol. The summed E-state index contributed by atoms with van der Waals surface area (Å²) in [6.45, 7) is 3.26. The Balaban J connectivity index is 1.41. The number of carbonyl (C=O) groups excluding carboxylic acids is 2. The molecular weight excluding hydrogens is 372 g/mol. The number of rotatable bonds is 7. The van der Waals surface area contributed by atoms with E-state index in [1.54, 1.807) is 4.90 Å². The summed E-state index contributed by atoms with van der Waals surface area (Å²) < 4.78 is 5.61. The molecule has 2 N–H and O–H groups in total. The van der Waals surface area contributed by atoms with E-state index in [4.69, 9.17) is 4.74 Å². The van der Waals surface area contributed by atoms with E-state index >= 15 is 0 Å². The van der Waals surface area contributed by atoms with Crippen LogP contribution >= 0.6 is 0 Å². The zero-order valence-corrected chi connectivity index (χ0v) is 16.5. The number of aromatic amines is 1. The van der Waals surface area contributed by atoms with Gasteiger partial charge in [-0.05, 0) is 43.0 Å². The lowest BCUT2D eigenvalue weighted by atomic mass is 10.0. The van der Waals surface area contributed by atoms with Crippen LogP contribution < -0.4 is 15.6 Å². The summed E-state index contributed by atoms with van der Waals surface area (Å²) in [6.07, 6.45) is 3.44. The van der Waals surface area contributed by atoms with Crippen molar-refractivity contribution in [2.24, 2.45) is 0 Å². The standard InChI is InChI=1S/C21H26N4O4/c1-2-3-15-4-6-17(7-5-15)29-14-20(27)25-12-10-16(11-13-25)22-21(28)18-8-9-19(26)24-23-18/h4-9,16H,2-3,10-14H2,1H3,(H,22,28)(H,24,26). The fraction of sp³-hybridized carbons (Fsp3) is 0.429. The maximum atomic E-state index is 12.4. The largest absolute Gasteiger partial charge is 0.484 e. The van der Waals surface area contributed by atoms with E-state index in [9.17, 15) is 14.4 Å². The minimum Gasteiger partial charge on any atom is -0.484 e. The van der Waals surface area contributed by atoms with Crippen molar-refractivity contribution in [1.82, 2.24) is 20.4 Å². The minimum absolute atomic E-state index is 0.00541. The summed E-state index contributed by atoms with van der Waals surface area (Å²) in [5, 5.41) is 8.86. The number of aryl methyl sites for hydroxylation is 1. The van der Waals surface area contributed by atoms with Crippen molar-refractivity contribution < 1.29 is 14.3 Å². The van der Waals surface area contributed by atoms with E-state index in [1.165, 1.54) is 17.7 Å². The zero-order valence-electron chi connectivity index (χ0n) is 16.5. The molecule has 1 aliphatic heterocycles. The second-order valence-electron chi connectivity index (χ2n) is 7.12. The lowest BCUT2D eigenvalue weighted by Gasteiger charge is -2.32. The molecule has 2 heterocycles. The first kappa shape index (κ1) is 20.6. The van der Waals surface area contributed by atoms with Crippen molar-refractivity contribution in [3.05, 3.63) is 58.0 Å². The first-order valence-corrected chi connectivity index (χ1v) is 9.91. The first-order chi connectivity index (χ1) is 14.0. The van der Waals surface area contributed by atoms with Gasteiger partial charge in [0.1, 0.15) is 11.4 Å². The van der Waals surface area contributed by atoms with Gasteiger partial charge in [0.2, 0.25) is 0 Å². The highest BCUT2D eigenvalue weighted by Gasteiger charge is 2.24. The van der Waals surface area contributed by atoms with Crippen LogP contribution in [0.15, 0.2) is 41.2 Å². The van der Waals surface area contributed by atoms with Gasteiger partial charge in [0.25, 0.3) is 17.4 Å². The number of ether oxygens (including phenoxy) is 1. The normalized spacial score (nSPS) is 14.4. The van der Waals surface area contributed by atoms with Crippen molar-refractivity contribution in [2.45, 2.75) is 38.6 Å². The lowest BCUT2D eigenvalue weighted by Crippen LogP contribution is -2.47. The predicted molar refractivity (Wildman–Crippen MR) is 108 cm³/mol. The molecule has 1 aromatic carbocycles. The summed E-state index contributed by atoms with van der Waals surface area (Å²) in [7, 11) is 0. The number of benzene rings is 1. The molecule has 1 aliphatic rings. The minimum atomic E-state index is -0.354. The molecule has 8 heteroatoms. The number of aromatic nitrogens is 2. The van der Waals surface area contributed by atoms with Crippen LogP contribution in [0.5, 0.6) is 5.75 Å². The van der Waals surface area contributed by atoms with Crippen LogP contribution in [0.3, 0.4) is 0 Å². The Hall–Kier alpha value is -3.16. The second kappa shape index (κ2) is 9.86. The van der Waals surface area contributed by atoms with Crippen molar-refractivity contribution in [3.63, 3.8) is 0 Å². The number of hydrogen-bond acceptors (Lipinski definition) is 5. The molecule has 0 unspecified atom stereocenters. The van der Waals surface area contributed by atoms with Crippen LogP contribution in [0.25, 0.3) is 0 Å². The van der Waals surface area contributed by atoms with E-state index in [-0.39, 0.29) is 35.7 Å². The topological polar surface area (TPSA) is 104 Å². The molecule has 0 bridgehead atoms. The zero-order chi connectivity index (χ0) is 20.6. The quantitative estimate of drug-likeness (QED) is 0.736. The van der Waals surface area contributed by atoms with Crippen molar-refractivity contribution in [2.75, 3.05) is 19.7 Å². The molecule has 2 amide bonds. The monoisotopic (exact) mass is 398 g/mol. The molecule has 29 heavy (non-hydrogen) atoms. The van der Waals surface area contributed by atoms with Gasteiger partial charge in [0.05, 0.1) is 0 Å². The number of H-pyrrole nitrogens is 1. The van der Waals surface area contributed by atoms with Crippen LogP contribution in [0.2, 0.25) is 0 Å². The van der Waals surface area contributed by atoms with Crippen molar-refractivity contribution >= 4 is 11.8 Å². The van der Waals surface area contributed by atoms with Crippen LogP contribution in [0.1, 0.15) is 42.2 Å². The molecule has 1 fully saturated rings. The van der Waals surface area contributed by atoms with Crippen LogP contribution in [0, 0.1) is 0 Å². The number of carbonyl (C=O) groups is 2. The molecule has 0 atom stereocenters. The number of nitrogens with one attached hydrogen (secondary N) is 2. The van der Waals surface area contributed by atoms with E-state index in [2.05, 4.69) is 22.4 Å². The number of nitrogens with zero attached hydrogens (tertiary/aromatic N) is 2. The van der Waals surface area contributed by atoms with Gasteiger partial charge in [0.15, 0.2) is 6.61 Å². The molecule has 154 valence electrons. The highest BCUT2D eigenvalue weighted by molar-refractivity contribution is 5.92. The second-order valence-corrected chi connectivity index (χ2v) is 7.12. The van der Waals surface area contributed by atoms with Crippen LogP contribution in [0.4, 0.5) is 0 Å². The fourth-order valence-corrected chi connectivity index (χ4v) is 3.28. The summed E-state index contributed by atoms with van der Waals surface area (Å²) >= 11 is 0. The van der Waals surface area contributed by atoms with Gasteiger partial charge in [-0.3, -0.25) is 14.4 Å². The van der Waals surface area contributed by atoms with Gasteiger partial charge < -0.3 is 15.0 Å². The first-order valence-electron chi connectivity index (χ1n) is 9.91. The van der Waals surface area contributed by atoms with Gasteiger partial charge in [-0.2, -0.15) is 5.10 Å². The number of piperidine rings is 1. The molecule has 0 spiro atoms. The van der Waals surface area contributed by atoms with Gasteiger partial charge >= 0.3 is 0 Å². The van der Waals surface area contributed by atoms with Crippen molar-refractivity contribution in [3.8, 4) is 5.75 Å². The number of amides is 2. The Bertz CT molecular complexity index is 866. The van der Waals surface area contributed by atoms with Crippen LogP contribution in [-0.2, 0) is 11.2 Å². The van der Waals surface area contributed by atoms with Crippen LogP contribution in [-0.4, -0.2) is 52.6 Å². The maximum absolute atomic E-state index is 12.4. The third-order valence-electron chi connectivity index (χ3n) is 4.92. The number of likely N-dealkylation sites (tertiary alicyclic amines) is 1. The fourth-order valence-electron chi connectivity index (χ4n) is 3.28. The maximum Gasteiger partial charge on any atom is 0.271 e. The molecule has 3 rings (SSSR count). The van der Waals surface area contributed by atoms with E-state index in [0.29, 0.717) is 31.7 Å². The Morgan fingerprint density at radius 2 is 1.90 bits per heavy atom. The molecule has 1 aromatic heterocycles. The molecular formula is C21H26N4O4. The van der Waals surface area contributed by atoms with E-state index in [1.807, 2.05) is 24.3 Å². The highest BCUT2D eigenvalue weighted by atomic mass is 16.5. The third-order valence-corrected chi connectivity index (χ3v) is 4.92. The molecule has 1 saturated heterocycles. The van der Waals surface area contributed by atoms with Gasteiger partial charge in [-0.25, -0.2) is 5.10 Å². The predicted octanol–water partition coefficient (Wildman–Crippen LogP) is 1.52. The Labute approximate surface area is 169 Å². The lowest BCUT2D eigenvalue weighted by molar-refractivity contribution is -0.134. The van der Waals surface area contributed by atoms with E-state index in [0.717, 1.165) is 12.8 Å².